The highest BCUT2D eigenvalue weighted by Crippen LogP contribution is 2.36. The minimum absolute atomic E-state index is 0.365. The molecule has 170 valence electrons. The van der Waals surface area contributed by atoms with Crippen LogP contribution in [0.15, 0.2) is 84.9 Å². The van der Waals surface area contributed by atoms with E-state index in [0.29, 0.717) is 22.3 Å². The molecule has 0 bridgehead atoms. The van der Waals surface area contributed by atoms with Crippen LogP contribution in [-0.4, -0.2) is 10.5 Å². The van der Waals surface area contributed by atoms with Crippen molar-refractivity contribution in [2.45, 2.75) is 74.7 Å². The summed E-state index contributed by atoms with van der Waals surface area (Å²) in [5.74, 6) is 0.730. The normalized spacial score (nSPS) is 15.1. The molecular formula is C30H38S2. The summed E-state index contributed by atoms with van der Waals surface area (Å²) in [5, 5.41) is 0.815. The lowest BCUT2D eigenvalue weighted by Crippen LogP contribution is -2.12. The number of rotatable bonds is 12. The Bertz CT molecular complexity index is 834. The molecule has 0 nitrogen and oxygen atoms in total. The molecule has 0 aliphatic heterocycles. The summed E-state index contributed by atoms with van der Waals surface area (Å²) in [4.78, 5) is 0. The molecule has 0 N–H and O–H groups in total. The fourth-order valence-electron chi connectivity index (χ4n) is 4.74. The van der Waals surface area contributed by atoms with Gasteiger partial charge in [0.2, 0.25) is 0 Å². The SMILES string of the molecule is CCCC(S)CC(c1ccccc1)c1cccc(C(CC(S)CCC)c2ccccc2)c1. The molecule has 3 aromatic carbocycles. The van der Waals surface area contributed by atoms with Crippen LogP contribution in [0.1, 0.15) is 86.5 Å². The molecule has 0 aliphatic carbocycles. The van der Waals surface area contributed by atoms with E-state index in [-0.39, 0.29) is 0 Å². The van der Waals surface area contributed by atoms with Crippen LogP contribution in [0.3, 0.4) is 0 Å². The first-order valence-electron chi connectivity index (χ1n) is 12.2. The minimum Gasteiger partial charge on any atom is -0.176 e. The molecule has 0 aromatic heterocycles. The molecule has 3 rings (SSSR count). The Balaban J connectivity index is 1.97. The van der Waals surface area contributed by atoms with Gasteiger partial charge in [-0.1, -0.05) is 112 Å². The van der Waals surface area contributed by atoms with Crippen molar-refractivity contribution in [3.8, 4) is 0 Å². The molecule has 4 unspecified atom stereocenters. The van der Waals surface area contributed by atoms with Gasteiger partial charge in [0.1, 0.15) is 0 Å². The van der Waals surface area contributed by atoms with Gasteiger partial charge in [-0.3, -0.25) is 0 Å². The van der Waals surface area contributed by atoms with Crippen LogP contribution >= 0.6 is 25.3 Å². The molecule has 4 atom stereocenters. The van der Waals surface area contributed by atoms with E-state index in [1.807, 2.05) is 0 Å². The van der Waals surface area contributed by atoms with Crippen LogP contribution in [0.4, 0.5) is 0 Å². The fraction of sp³-hybridized carbons (Fsp3) is 0.400. The van der Waals surface area contributed by atoms with Gasteiger partial charge in [-0.25, -0.2) is 0 Å². The van der Waals surface area contributed by atoms with Crippen LogP contribution in [-0.2, 0) is 0 Å². The summed E-state index contributed by atoms with van der Waals surface area (Å²) >= 11 is 9.86. The Labute approximate surface area is 206 Å². The Morgan fingerprint density at radius 2 is 0.906 bits per heavy atom. The van der Waals surface area contributed by atoms with Crippen molar-refractivity contribution in [3.63, 3.8) is 0 Å². The molecule has 0 aliphatic rings. The second-order valence-corrected chi connectivity index (χ2v) is 10.4. The number of hydrogen-bond donors (Lipinski definition) is 2. The van der Waals surface area contributed by atoms with Crippen molar-refractivity contribution in [2.75, 3.05) is 0 Å². The summed E-state index contributed by atoms with van der Waals surface area (Å²) in [6, 6.07) is 31.2. The fourth-order valence-corrected chi connectivity index (χ4v) is 5.68. The Kier molecular flexibility index (Phi) is 10.3. The van der Waals surface area contributed by atoms with E-state index in [4.69, 9.17) is 25.3 Å². The van der Waals surface area contributed by atoms with Gasteiger partial charge in [-0.15, -0.1) is 0 Å². The molecular weight excluding hydrogens is 424 g/mol. The van der Waals surface area contributed by atoms with Crippen LogP contribution in [0.25, 0.3) is 0 Å². The molecule has 0 saturated carbocycles. The largest absolute Gasteiger partial charge is 0.176 e. The van der Waals surface area contributed by atoms with Gasteiger partial charge in [-0.05, 0) is 47.9 Å². The zero-order valence-corrected chi connectivity index (χ0v) is 21.3. The summed E-state index contributed by atoms with van der Waals surface area (Å²) in [6.07, 6.45) is 6.77. The lowest BCUT2D eigenvalue weighted by molar-refractivity contribution is 0.627. The third kappa shape index (κ3) is 7.18. The first-order valence-corrected chi connectivity index (χ1v) is 13.2. The van der Waals surface area contributed by atoms with E-state index in [0.717, 1.165) is 25.7 Å². The van der Waals surface area contributed by atoms with Crippen molar-refractivity contribution in [1.29, 1.82) is 0 Å². The lowest BCUT2D eigenvalue weighted by Gasteiger charge is -2.25. The van der Waals surface area contributed by atoms with E-state index in [2.05, 4.69) is 98.8 Å². The first-order chi connectivity index (χ1) is 15.6. The van der Waals surface area contributed by atoms with Gasteiger partial charge in [0.05, 0.1) is 0 Å². The standard InChI is InChI=1S/C30H38S2/c1-3-12-27(31)21-29(23-14-7-5-8-15-23)25-18-11-19-26(20-25)30(22-28(32)13-4-2)24-16-9-6-10-17-24/h5-11,14-20,27-32H,3-4,12-13,21-22H2,1-2H3. The Morgan fingerprint density at radius 3 is 1.28 bits per heavy atom. The van der Waals surface area contributed by atoms with Crippen molar-refractivity contribution in [3.05, 3.63) is 107 Å². The molecule has 0 heterocycles. The molecule has 0 saturated heterocycles. The predicted octanol–water partition coefficient (Wildman–Crippen LogP) is 8.93. The third-order valence-corrected chi connectivity index (χ3v) is 7.32. The monoisotopic (exact) mass is 462 g/mol. The van der Waals surface area contributed by atoms with Gasteiger partial charge in [0.15, 0.2) is 0 Å². The smallest absolute Gasteiger partial charge is 0.00998 e. The maximum Gasteiger partial charge on any atom is 0.00998 e. The molecule has 0 spiro atoms. The molecule has 32 heavy (non-hydrogen) atoms. The minimum atomic E-state index is 0.365. The van der Waals surface area contributed by atoms with Crippen molar-refractivity contribution < 1.29 is 0 Å². The Hall–Kier alpha value is -1.64. The van der Waals surface area contributed by atoms with E-state index in [9.17, 15) is 0 Å². The van der Waals surface area contributed by atoms with Crippen LogP contribution in [0, 0.1) is 0 Å². The third-order valence-electron chi connectivity index (χ3n) is 6.38. The van der Waals surface area contributed by atoms with Crippen molar-refractivity contribution in [1.82, 2.24) is 0 Å². The highest BCUT2D eigenvalue weighted by atomic mass is 32.1. The Morgan fingerprint density at radius 1 is 0.531 bits per heavy atom. The maximum absolute atomic E-state index is 4.93. The van der Waals surface area contributed by atoms with Crippen LogP contribution in [0.2, 0.25) is 0 Å². The number of hydrogen-bond acceptors (Lipinski definition) is 2. The van der Waals surface area contributed by atoms with E-state index in [1.54, 1.807) is 0 Å². The van der Waals surface area contributed by atoms with E-state index < -0.39 is 0 Å². The summed E-state index contributed by atoms with van der Waals surface area (Å²) in [7, 11) is 0. The average molecular weight is 463 g/mol. The molecule has 2 heteroatoms. The highest BCUT2D eigenvalue weighted by Gasteiger charge is 2.22. The number of benzene rings is 3. The second kappa shape index (κ2) is 13.2. The molecule has 0 radical (unpaired) electrons. The zero-order chi connectivity index (χ0) is 22.8. The van der Waals surface area contributed by atoms with Gasteiger partial charge in [0, 0.05) is 22.3 Å². The lowest BCUT2D eigenvalue weighted by atomic mass is 9.82. The van der Waals surface area contributed by atoms with E-state index >= 15 is 0 Å². The quantitative estimate of drug-likeness (QED) is 0.247. The van der Waals surface area contributed by atoms with Gasteiger partial charge in [0.25, 0.3) is 0 Å². The number of thiol groups is 2. The van der Waals surface area contributed by atoms with Crippen LogP contribution < -0.4 is 0 Å². The molecule has 0 fully saturated rings. The van der Waals surface area contributed by atoms with Gasteiger partial charge < -0.3 is 0 Å². The summed E-state index contributed by atoms with van der Waals surface area (Å²) < 4.78 is 0. The summed E-state index contributed by atoms with van der Waals surface area (Å²) in [5.41, 5.74) is 5.57. The molecule has 3 aromatic rings. The van der Waals surface area contributed by atoms with E-state index in [1.165, 1.54) is 35.1 Å². The highest BCUT2D eigenvalue weighted by molar-refractivity contribution is 7.81. The zero-order valence-electron chi connectivity index (χ0n) is 19.5. The van der Waals surface area contributed by atoms with Gasteiger partial charge in [-0.2, -0.15) is 25.3 Å². The first kappa shape index (κ1) is 25.0. The predicted molar refractivity (Wildman–Crippen MR) is 148 cm³/mol. The second-order valence-electron chi connectivity index (χ2n) is 8.95. The topological polar surface area (TPSA) is 0 Å². The summed E-state index contributed by atoms with van der Waals surface area (Å²) in [6.45, 7) is 4.49. The molecule has 0 amide bonds. The average Bonchev–Trinajstić information content (AvgIpc) is 2.82. The van der Waals surface area contributed by atoms with Crippen molar-refractivity contribution in [2.24, 2.45) is 0 Å². The van der Waals surface area contributed by atoms with Gasteiger partial charge >= 0.3 is 0 Å². The van der Waals surface area contributed by atoms with Crippen molar-refractivity contribution >= 4 is 25.3 Å². The maximum atomic E-state index is 4.93. The van der Waals surface area contributed by atoms with Crippen LogP contribution in [0.5, 0.6) is 0 Å².